The van der Waals surface area contributed by atoms with Crippen molar-refractivity contribution in [3.8, 4) is 5.69 Å². The second kappa shape index (κ2) is 5.14. The number of aromatic nitrogens is 4. The fraction of sp³-hybridized carbons (Fsp3) is 0.250. The highest BCUT2D eigenvalue weighted by Crippen LogP contribution is 2.21. The Morgan fingerprint density at radius 2 is 2.24 bits per heavy atom. The molecule has 0 fully saturated rings. The molecule has 2 aromatic rings. The molecule has 0 radical (unpaired) electrons. The Morgan fingerprint density at radius 3 is 2.94 bits per heavy atom. The largest absolute Gasteiger partial charge is 0.214 e. The lowest BCUT2D eigenvalue weighted by atomic mass is 10.1. The number of rotatable bonds is 4. The third-order valence-electron chi connectivity index (χ3n) is 2.35. The number of benzene rings is 1. The first kappa shape index (κ1) is 11.9. The summed E-state index contributed by atoms with van der Waals surface area (Å²) in [5, 5.41) is 12.6. The molecule has 0 aliphatic heterocycles. The highest BCUT2D eigenvalue weighted by molar-refractivity contribution is 7.99. The van der Waals surface area contributed by atoms with Crippen LogP contribution in [0.4, 0.5) is 0 Å². The fourth-order valence-electron chi connectivity index (χ4n) is 1.60. The maximum Gasteiger partial charge on any atom is 0.214 e. The van der Waals surface area contributed by atoms with E-state index >= 15 is 0 Å². The van der Waals surface area contributed by atoms with E-state index in [0.717, 1.165) is 22.2 Å². The van der Waals surface area contributed by atoms with Crippen LogP contribution in [-0.2, 0) is 0 Å². The van der Waals surface area contributed by atoms with Crippen molar-refractivity contribution in [2.75, 3.05) is 5.75 Å². The molecule has 1 aromatic carbocycles. The SMILES string of the molecule is C=CCSc1nnnn1-c1ccc(C)cc1C. The third-order valence-corrected chi connectivity index (χ3v) is 3.27. The van der Waals surface area contributed by atoms with Crippen molar-refractivity contribution in [2.45, 2.75) is 19.0 Å². The standard InChI is InChI=1S/C12H14N4S/c1-4-7-17-12-13-14-15-16(12)11-6-5-9(2)8-10(11)3/h4-6,8H,1,7H2,2-3H3. The second-order valence-corrected chi connectivity index (χ2v) is 4.75. The maximum absolute atomic E-state index is 4.03. The molecule has 0 N–H and O–H groups in total. The number of tetrazole rings is 1. The molecule has 88 valence electrons. The average Bonchev–Trinajstić information content (AvgIpc) is 2.74. The van der Waals surface area contributed by atoms with E-state index in [1.807, 2.05) is 12.1 Å². The van der Waals surface area contributed by atoms with Gasteiger partial charge in [-0.3, -0.25) is 0 Å². The molecule has 0 unspecified atom stereocenters. The van der Waals surface area contributed by atoms with Gasteiger partial charge in [0.1, 0.15) is 0 Å². The molecule has 17 heavy (non-hydrogen) atoms. The summed E-state index contributed by atoms with van der Waals surface area (Å²) >= 11 is 1.57. The summed E-state index contributed by atoms with van der Waals surface area (Å²) in [5.74, 6) is 0.797. The lowest BCUT2D eigenvalue weighted by Crippen LogP contribution is -2.01. The van der Waals surface area contributed by atoms with Gasteiger partial charge in [-0.2, -0.15) is 4.68 Å². The van der Waals surface area contributed by atoms with Gasteiger partial charge in [0.05, 0.1) is 5.69 Å². The topological polar surface area (TPSA) is 43.6 Å². The Balaban J connectivity index is 2.38. The first-order valence-corrected chi connectivity index (χ1v) is 6.30. The van der Waals surface area contributed by atoms with Crippen molar-refractivity contribution >= 4 is 11.8 Å². The third kappa shape index (κ3) is 2.55. The number of aryl methyl sites for hydroxylation is 2. The minimum atomic E-state index is 0.789. The van der Waals surface area contributed by atoms with Crippen molar-refractivity contribution in [3.05, 3.63) is 42.0 Å². The quantitative estimate of drug-likeness (QED) is 0.614. The van der Waals surface area contributed by atoms with Crippen LogP contribution in [0.3, 0.4) is 0 Å². The molecule has 0 spiro atoms. The zero-order valence-corrected chi connectivity index (χ0v) is 10.7. The molecule has 0 atom stereocenters. The first-order valence-electron chi connectivity index (χ1n) is 5.32. The molecule has 1 aromatic heterocycles. The molecular formula is C12H14N4S. The summed E-state index contributed by atoms with van der Waals surface area (Å²) in [6, 6.07) is 6.23. The van der Waals surface area contributed by atoms with Gasteiger partial charge < -0.3 is 0 Å². The summed E-state index contributed by atoms with van der Waals surface area (Å²) in [4.78, 5) is 0. The van der Waals surface area contributed by atoms with Crippen LogP contribution in [0.15, 0.2) is 36.0 Å². The predicted molar refractivity (Wildman–Crippen MR) is 69.5 cm³/mol. The zero-order valence-electron chi connectivity index (χ0n) is 9.92. The Hall–Kier alpha value is -1.62. The Bertz CT molecular complexity index is 533. The van der Waals surface area contributed by atoms with E-state index in [-0.39, 0.29) is 0 Å². The van der Waals surface area contributed by atoms with Crippen molar-refractivity contribution in [3.63, 3.8) is 0 Å². The molecule has 0 bridgehead atoms. The van der Waals surface area contributed by atoms with Gasteiger partial charge in [-0.1, -0.05) is 35.5 Å². The van der Waals surface area contributed by atoms with Gasteiger partial charge in [0.2, 0.25) is 5.16 Å². The molecule has 0 amide bonds. The van der Waals surface area contributed by atoms with E-state index in [2.05, 4.69) is 48.1 Å². The maximum atomic E-state index is 4.03. The first-order chi connectivity index (χ1) is 8.22. The van der Waals surface area contributed by atoms with E-state index in [1.165, 1.54) is 5.56 Å². The van der Waals surface area contributed by atoms with Crippen LogP contribution in [-0.4, -0.2) is 26.0 Å². The summed E-state index contributed by atoms with van der Waals surface area (Å²) < 4.78 is 1.77. The molecule has 0 saturated heterocycles. The summed E-state index contributed by atoms with van der Waals surface area (Å²) in [6.45, 7) is 7.83. The van der Waals surface area contributed by atoms with Crippen LogP contribution >= 0.6 is 11.8 Å². The number of nitrogens with zero attached hydrogens (tertiary/aromatic N) is 4. The van der Waals surface area contributed by atoms with Gasteiger partial charge in [0.25, 0.3) is 0 Å². The Kier molecular flexibility index (Phi) is 3.58. The summed E-state index contributed by atoms with van der Waals surface area (Å²) in [6.07, 6.45) is 1.84. The highest BCUT2D eigenvalue weighted by Gasteiger charge is 2.10. The second-order valence-electron chi connectivity index (χ2n) is 3.76. The van der Waals surface area contributed by atoms with Crippen molar-refractivity contribution in [2.24, 2.45) is 0 Å². The minimum Gasteiger partial charge on any atom is -0.187 e. The normalized spacial score (nSPS) is 10.5. The molecule has 0 aliphatic rings. The van der Waals surface area contributed by atoms with Gasteiger partial charge in [-0.05, 0) is 35.9 Å². The lowest BCUT2D eigenvalue weighted by molar-refractivity contribution is 0.752. The molecular weight excluding hydrogens is 232 g/mol. The van der Waals surface area contributed by atoms with Gasteiger partial charge in [0.15, 0.2) is 0 Å². The molecule has 5 heteroatoms. The minimum absolute atomic E-state index is 0.789. The lowest BCUT2D eigenvalue weighted by Gasteiger charge is -2.07. The van der Waals surface area contributed by atoms with Gasteiger partial charge in [0, 0.05) is 5.75 Å². The zero-order chi connectivity index (χ0) is 12.3. The van der Waals surface area contributed by atoms with Crippen LogP contribution < -0.4 is 0 Å². The van der Waals surface area contributed by atoms with E-state index < -0.39 is 0 Å². The van der Waals surface area contributed by atoms with Crippen LogP contribution in [0.25, 0.3) is 5.69 Å². The summed E-state index contributed by atoms with van der Waals surface area (Å²) in [5.41, 5.74) is 3.42. The van der Waals surface area contributed by atoms with E-state index in [0.29, 0.717) is 0 Å². The fourth-order valence-corrected chi connectivity index (χ4v) is 2.21. The van der Waals surface area contributed by atoms with Crippen molar-refractivity contribution < 1.29 is 0 Å². The van der Waals surface area contributed by atoms with Gasteiger partial charge in [-0.25, -0.2) is 0 Å². The van der Waals surface area contributed by atoms with Gasteiger partial charge in [-0.15, -0.1) is 11.7 Å². The average molecular weight is 246 g/mol. The highest BCUT2D eigenvalue weighted by atomic mass is 32.2. The van der Waals surface area contributed by atoms with E-state index in [9.17, 15) is 0 Å². The van der Waals surface area contributed by atoms with E-state index in [4.69, 9.17) is 0 Å². The molecule has 0 aliphatic carbocycles. The molecule has 2 rings (SSSR count). The molecule has 1 heterocycles. The van der Waals surface area contributed by atoms with Crippen LogP contribution in [0.2, 0.25) is 0 Å². The molecule has 4 nitrogen and oxygen atoms in total. The predicted octanol–water partition coefficient (Wildman–Crippen LogP) is 2.56. The number of hydrogen-bond donors (Lipinski definition) is 0. The Morgan fingerprint density at radius 1 is 1.41 bits per heavy atom. The number of thioether (sulfide) groups is 1. The van der Waals surface area contributed by atoms with E-state index in [1.54, 1.807) is 16.4 Å². The monoisotopic (exact) mass is 246 g/mol. The van der Waals surface area contributed by atoms with Crippen molar-refractivity contribution in [1.82, 2.24) is 20.2 Å². The van der Waals surface area contributed by atoms with Gasteiger partial charge >= 0.3 is 0 Å². The van der Waals surface area contributed by atoms with Crippen molar-refractivity contribution in [1.29, 1.82) is 0 Å². The van der Waals surface area contributed by atoms with Crippen LogP contribution in [0.5, 0.6) is 0 Å². The molecule has 0 saturated carbocycles. The number of hydrogen-bond acceptors (Lipinski definition) is 4. The Labute approximate surface area is 105 Å². The van der Waals surface area contributed by atoms with Crippen LogP contribution in [0, 0.1) is 13.8 Å². The van der Waals surface area contributed by atoms with Crippen LogP contribution in [0.1, 0.15) is 11.1 Å². The summed E-state index contributed by atoms with van der Waals surface area (Å²) in [7, 11) is 0. The smallest absolute Gasteiger partial charge is 0.187 e.